The van der Waals surface area contributed by atoms with Gasteiger partial charge in [0.15, 0.2) is 11.5 Å². The summed E-state index contributed by atoms with van der Waals surface area (Å²) < 4.78 is 12.6. The van der Waals surface area contributed by atoms with Crippen LogP contribution in [0.2, 0.25) is 5.02 Å². The Labute approximate surface area is 165 Å². The van der Waals surface area contributed by atoms with Crippen LogP contribution < -0.4 is 14.3 Å². The highest BCUT2D eigenvalue weighted by Gasteiger charge is 2.13. The highest BCUT2D eigenvalue weighted by Crippen LogP contribution is 2.32. The number of ether oxygens (including phenoxy) is 2. The zero-order valence-corrected chi connectivity index (χ0v) is 15.9. The van der Waals surface area contributed by atoms with Crippen molar-refractivity contribution in [3.8, 4) is 22.8 Å². The minimum absolute atomic E-state index is 0.251. The van der Waals surface area contributed by atoms with Crippen molar-refractivity contribution in [3.63, 3.8) is 0 Å². The maximum atomic E-state index is 6.01. The van der Waals surface area contributed by atoms with E-state index < -0.39 is 0 Å². The molecule has 5 nitrogen and oxygen atoms in total. The zero-order chi connectivity index (χ0) is 18.6. The third kappa shape index (κ3) is 3.82. The fourth-order valence-corrected chi connectivity index (χ4v) is 3.57. The summed E-state index contributed by atoms with van der Waals surface area (Å²) in [4.78, 5) is 5.33. The number of nitrogens with zero attached hydrogens (tertiary/aromatic N) is 3. The number of hydrogen-bond acceptors (Lipinski definition) is 5. The van der Waals surface area contributed by atoms with Gasteiger partial charge in [0.2, 0.25) is 11.6 Å². The Balaban J connectivity index is 1.74. The number of aromatic nitrogens is 1. The van der Waals surface area contributed by atoms with E-state index in [1.54, 1.807) is 12.3 Å². The molecule has 2 heterocycles. The molecule has 0 fully saturated rings. The number of fused-ring (bicyclic) bond motifs is 1. The lowest BCUT2D eigenvalue weighted by atomic mass is 10.2. The molecule has 27 heavy (non-hydrogen) atoms. The molecule has 0 unspecified atom stereocenters. The molecule has 0 spiro atoms. The van der Waals surface area contributed by atoms with E-state index in [1.807, 2.05) is 52.5 Å². The molecule has 2 aromatic carbocycles. The maximum Gasteiger partial charge on any atom is 0.231 e. The standard InChI is InChI=1S/C20H16ClN3O2S/c1-2-9-22-20-24(17(12-27-20)15-4-6-16(21)7-5-15)23-11-14-3-8-18-19(10-14)26-13-25-18/h2-8,10-12H,1,9,13H2. The average molecular weight is 398 g/mol. The van der Waals surface area contributed by atoms with Gasteiger partial charge in [-0.3, -0.25) is 4.99 Å². The molecule has 7 heteroatoms. The fraction of sp³-hybridized carbons (Fsp3) is 0.100. The quantitative estimate of drug-likeness (QED) is 0.467. The highest BCUT2D eigenvalue weighted by molar-refractivity contribution is 7.07. The minimum atomic E-state index is 0.251. The first kappa shape index (κ1) is 17.6. The molecule has 136 valence electrons. The van der Waals surface area contributed by atoms with Crippen molar-refractivity contribution < 1.29 is 9.47 Å². The van der Waals surface area contributed by atoms with Gasteiger partial charge in [0, 0.05) is 16.0 Å². The third-order valence-electron chi connectivity index (χ3n) is 3.90. The zero-order valence-electron chi connectivity index (χ0n) is 14.3. The molecule has 1 aliphatic heterocycles. The normalized spacial score (nSPS) is 13.4. The molecule has 1 aliphatic rings. The average Bonchev–Trinajstić information content (AvgIpc) is 3.31. The Hall–Kier alpha value is -2.83. The summed E-state index contributed by atoms with van der Waals surface area (Å²) in [6, 6.07) is 13.4. The van der Waals surface area contributed by atoms with Crippen molar-refractivity contribution in [2.45, 2.75) is 0 Å². The van der Waals surface area contributed by atoms with Gasteiger partial charge in [-0.25, -0.2) is 4.68 Å². The smallest absolute Gasteiger partial charge is 0.231 e. The summed E-state index contributed by atoms with van der Waals surface area (Å²) in [7, 11) is 0. The van der Waals surface area contributed by atoms with Gasteiger partial charge in [-0.2, -0.15) is 5.10 Å². The van der Waals surface area contributed by atoms with Crippen molar-refractivity contribution in [1.29, 1.82) is 0 Å². The van der Waals surface area contributed by atoms with E-state index in [0.29, 0.717) is 11.6 Å². The number of hydrogen-bond donors (Lipinski definition) is 0. The molecule has 0 saturated heterocycles. The monoisotopic (exact) mass is 397 g/mol. The van der Waals surface area contributed by atoms with E-state index in [-0.39, 0.29) is 6.79 Å². The van der Waals surface area contributed by atoms with Crippen molar-refractivity contribution in [2.24, 2.45) is 10.1 Å². The van der Waals surface area contributed by atoms with Gasteiger partial charge in [0.25, 0.3) is 0 Å². The summed E-state index contributed by atoms with van der Waals surface area (Å²) in [6.45, 7) is 4.51. The predicted octanol–water partition coefficient (Wildman–Crippen LogP) is 4.57. The van der Waals surface area contributed by atoms with Crippen LogP contribution in [0, 0.1) is 0 Å². The van der Waals surface area contributed by atoms with Crippen molar-refractivity contribution >= 4 is 29.2 Å². The van der Waals surface area contributed by atoms with Crippen molar-refractivity contribution in [3.05, 3.63) is 75.9 Å². The van der Waals surface area contributed by atoms with E-state index in [4.69, 9.17) is 21.1 Å². The first-order valence-corrected chi connectivity index (χ1v) is 9.52. The van der Waals surface area contributed by atoms with E-state index in [2.05, 4.69) is 16.7 Å². The first-order valence-electron chi connectivity index (χ1n) is 8.26. The molecule has 0 amide bonds. The van der Waals surface area contributed by atoms with Gasteiger partial charge in [-0.1, -0.05) is 29.8 Å². The van der Waals surface area contributed by atoms with Crippen LogP contribution in [0.5, 0.6) is 11.5 Å². The molecule has 4 rings (SSSR count). The van der Waals surface area contributed by atoms with Crippen LogP contribution in [0.4, 0.5) is 0 Å². The molecular weight excluding hydrogens is 382 g/mol. The molecule has 0 radical (unpaired) electrons. The summed E-state index contributed by atoms with van der Waals surface area (Å²) in [5.74, 6) is 1.47. The first-order chi connectivity index (χ1) is 13.2. The largest absolute Gasteiger partial charge is 0.454 e. The maximum absolute atomic E-state index is 6.01. The van der Waals surface area contributed by atoms with Crippen LogP contribution in [-0.2, 0) is 0 Å². The number of rotatable bonds is 5. The summed E-state index contributed by atoms with van der Waals surface area (Å²) in [5.41, 5.74) is 2.87. The minimum Gasteiger partial charge on any atom is -0.454 e. The second kappa shape index (κ2) is 7.82. The van der Waals surface area contributed by atoms with Crippen LogP contribution in [0.1, 0.15) is 5.56 Å². The summed E-state index contributed by atoms with van der Waals surface area (Å²) in [5, 5.41) is 7.38. The van der Waals surface area contributed by atoms with Gasteiger partial charge < -0.3 is 9.47 Å². The molecule has 0 atom stereocenters. The van der Waals surface area contributed by atoms with Gasteiger partial charge in [-0.05, 0) is 35.9 Å². The van der Waals surface area contributed by atoms with Gasteiger partial charge in [0.1, 0.15) is 0 Å². The summed E-state index contributed by atoms with van der Waals surface area (Å²) in [6.07, 6.45) is 3.54. The number of thiazole rings is 1. The van der Waals surface area contributed by atoms with E-state index >= 15 is 0 Å². The van der Waals surface area contributed by atoms with Gasteiger partial charge in [-0.15, -0.1) is 17.9 Å². The molecular formula is C20H16ClN3O2S. The van der Waals surface area contributed by atoms with Crippen LogP contribution >= 0.6 is 22.9 Å². The fourth-order valence-electron chi connectivity index (χ4n) is 2.60. The second-order valence-corrected chi connectivity index (χ2v) is 6.98. The summed E-state index contributed by atoms with van der Waals surface area (Å²) >= 11 is 7.54. The van der Waals surface area contributed by atoms with Crippen molar-refractivity contribution in [2.75, 3.05) is 13.3 Å². The molecule has 1 aromatic heterocycles. The van der Waals surface area contributed by atoms with Crippen LogP contribution in [0.15, 0.2) is 70.6 Å². The molecule has 0 saturated carbocycles. The highest BCUT2D eigenvalue weighted by atomic mass is 35.5. The van der Waals surface area contributed by atoms with E-state index in [9.17, 15) is 0 Å². The van der Waals surface area contributed by atoms with E-state index in [1.165, 1.54) is 11.3 Å². The Bertz CT molecular complexity index is 1070. The number of halogens is 1. The molecule has 0 N–H and O–H groups in total. The molecule has 0 aliphatic carbocycles. The SMILES string of the molecule is C=CCN=c1scc(-c2ccc(Cl)cc2)n1N=Cc1ccc2c(c1)OCO2. The third-order valence-corrected chi connectivity index (χ3v) is 5.01. The Morgan fingerprint density at radius 3 is 2.78 bits per heavy atom. The van der Waals surface area contributed by atoms with Gasteiger partial charge >= 0.3 is 0 Å². The lowest BCUT2D eigenvalue weighted by Crippen LogP contribution is -2.12. The Morgan fingerprint density at radius 2 is 1.96 bits per heavy atom. The Kier molecular flexibility index (Phi) is 5.09. The van der Waals surface area contributed by atoms with Crippen LogP contribution in [0.25, 0.3) is 11.3 Å². The molecule has 3 aromatic rings. The Morgan fingerprint density at radius 1 is 1.15 bits per heavy atom. The lowest BCUT2D eigenvalue weighted by Gasteiger charge is -2.04. The molecule has 0 bridgehead atoms. The predicted molar refractivity (Wildman–Crippen MR) is 109 cm³/mol. The van der Waals surface area contributed by atoms with E-state index in [0.717, 1.165) is 33.1 Å². The van der Waals surface area contributed by atoms with Crippen molar-refractivity contribution in [1.82, 2.24) is 4.68 Å². The van der Waals surface area contributed by atoms with Crippen LogP contribution in [0.3, 0.4) is 0 Å². The second-order valence-electron chi connectivity index (χ2n) is 5.71. The van der Waals surface area contributed by atoms with Gasteiger partial charge in [0.05, 0.1) is 18.5 Å². The van der Waals surface area contributed by atoms with Crippen LogP contribution in [-0.4, -0.2) is 24.2 Å². The number of benzene rings is 2. The lowest BCUT2D eigenvalue weighted by molar-refractivity contribution is 0.174. The topological polar surface area (TPSA) is 48.1 Å².